The second-order valence-corrected chi connectivity index (χ2v) is 6.09. The highest BCUT2D eigenvalue weighted by Gasteiger charge is 2.26. The van der Waals surface area contributed by atoms with Gasteiger partial charge in [0.2, 0.25) is 0 Å². The number of aliphatic hydroxyl groups is 1. The highest BCUT2D eigenvalue weighted by molar-refractivity contribution is 5.81. The lowest BCUT2D eigenvalue weighted by atomic mass is 9.95. The number of nitrogens with zero attached hydrogens (tertiary/aromatic N) is 1. The number of nitriles is 1. The average Bonchev–Trinajstić information content (AvgIpc) is 2.80. The second-order valence-electron chi connectivity index (χ2n) is 6.09. The molecule has 0 heterocycles. The van der Waals surface area contributed by atoms with Crippen LogP contribution in [0.1, 0.15) is 44.6 Å². The normalized spacial score (nSPS) is 22.5. The molecule has 1 aliphatic carbocycles. The summed E-state index contributed by atoms with van der Waals surface area (Å²) < 4.78 is 5.63. The zero-order valence-corrected chi connectivity index (χ0v) is 13.5. The molecule has 1 fully saturated rings. The highest BCUT2D eigenvalue weighted by atomic mass is 16.5. The van der Waals surface area contributed by atoms with Gasteiger partial charge in [-0.15, -0.1) is 0 Å². The molecule has 0 aliphatic heterocycles. The Morgan fingerprint density at radius 2 is 2.04 bits per heavy atom. The van der Waals surface area contributed by atoms with Crippen molar-refractivity contribution in [2.45, 2.75) is 51.2 Å². The Hall–Kier alpha value is -2.06. The molecule has 5 heteroatoms. The van der Waals surface area contributed by atoms with Crippen molar-refractivity contribution in [3.63, 3.8) is 0 Å². The number of carbonyl (C=O) groups is 1. The lowest BCUT2D eigenvalue weighted by Crippen LogP contribution is -2.46. The molecule has 23 heavy (non-hydrogen) atoms. The van der Waals surface area contributed by atoms with Crippen molar-refractivity contribution in [1.82, 2.24) is 5.32 Å². The first-order chi connectivity index (χ1) is 11.1. The molecule has 1 amide bonds. The minimum absolute atomic E-state index is 0.0158. The summed E-state index contributed by atoms with van der Waals surface area (Å²) in [4.78, 5) is 12.3. The minimum atomic E-state index is -0.620. The maximum atomic E-state index is 12.3. The minimum Gasteiger partial charge on any atom is -0.481 e. The first kappa shape index (κ1) is 17.3. The SMILES string of the molecule is CC(Oc1ccc(C#N)cc1)C(=O)NC1CCCCCC1CO. The fraction of sp³-hybridized carbons (Fsp3) is 0.556. The summed E-state index contributed by atoms with van der Waals surface area (Å²) in [5.41, 5.74) is 0.554. The molecule has 0 aromatic heterocycles. The van der Waals surface area contributed by atoms with E-state index in [1.165, 1.54) is 0 Å². The number of nitrogens with one attached hydrogen (secondary N) is 1. The molecule has 124 valence electrons. The Morgan fingerprint density at radius 1 is 1.35 bits per heavy atom. The average molecular weight is 316 g/mol. The van der Waals surface area contributed by atoms with Gasteiger partial charge in [-0.1, -0.05) is 19.3 Å². The van der Waals surface area contributed by atoms with E-state index in [2.05, 4.69) is 5.32 Å². The van der Waals surface area contributed by atoms with E-state index in [-0.39, 0.29) is 24.5 Å². The van der Waals surface area contributed by atoms with Crippen molar-refractivity contribution in [3.8, 4) is 11.8 Å². The van der Waals surface area contributed by atoms with Crippen LogP contribution in [0.4, 0.5) is 0 Å². The standard InChI is InChI=1S/C18H24N2O3/c1-13(23-16-9-7-14(11-19)8-10-16)18(22)20-17-6-4-2-3-5-15(17)12-21/h7-10,13,15,17,21H,2-6,12H2,1H3,(H,20,22). The molecule has 0 saturated heterocycles. The van der Waals surface area contributed by atoms with Crippen LogP contribution in [-0.4, -0.2) is 29.8 Å². The Bertz CT molecular complexity index is 550. The number of hydrogen-bond donors (Lipinski definition) is 2. The number of hydrogen-bond acceptors (Lipinski definition) is 4. The van der Waals surface area contributed by atoms with E-state index in [0.717, 1.165) is 32.1 Å². The number of benzene rings is 1. The maximum Gasteiger partial charge on any atom is 0.261 e. The van der Waals surface area contributed by atoms with E-state index >= 15 is 0 Å². The van der Waals surface area contributed by atoms with Gasteiger partial charge in [-0.3, -0.25) is 4.79 Å². The molecule has 0 spiro atoms. The zero-order chi connectivity index (χ0) is 16.7. The van der Waals surface area contributed by atoms with E-state index in [4.69, 9.17) is 10.00 Å². The number of rotatable bonds is 5. The third-order valence-corrected chi connectivity index (χ3v) is 4.39. The van der Waals surface area contributed by atoms with Gasteiger partial charge in [0.15, 0.2) is 6.10 Å². The quantitative estimate of drug-likeness (QED) is 0.817. The van der Waals surface area contributed by atoms with Crippen LogP contribution in [0.3, 0.4) is 0 Å². The van der Waals surface area contributed by atoms with Crippen LogP contribution in [-0.2, 0) is 4.79 Å². The Labute approximate surface area is 137 Å². The molecule has 2 N–H and O–H groups in total. The summed E-state index contributed by atoms with van der Waals surface area (Å²) >= 11 is 0. The first-order valence-corrected chi connectivity index (χ1v) is 8.22. The van der Waals surface area contributed by atoms with Crippen LogP contribution in [0.5, 0.6) is 5.75 Å². The zero-order valence-electron chi connectivity index (χ0n) is 13.5. The van der Waals surface area contributed by atoms with Crippen LogP contribution in [0.15, 0.2) is 24.3 Å². The molecule has 3 atom stereocenters. The summed E-state index contributed by atoms with van der Waals surface area (Å²) in [7, 11) is 0. The van der Waals surface area contributed by atoms with Crippen LogP contribution in [0.2, 0.25) is 0 Å². The number of aliphatic hydroxyl groups excluding tert-OH is 1. The van der Waals surface area contributed by atoms with Gasteiger partial charge in [0.25, 0.3) is 5.91 Å². The predicted molar refractivity (Wildman–Crippen MR) is 86.8 cm³/mol. The van der Waals surface area contributed by atoms with E-state index < -0.39 is 6.10 Å². The van der Waals surface area contributed by atoms with E-state index in [0.29, 0.717) is 11.3 Å². The van der Waals surface area contributed by atoms with Crippen molar-refractivity contribution >= 4 is 5.91 Å². The van der Waals surface area contributed by atoms with Crippen LogP contribution < -0.4 is 10.1 Å². The lowest BCUT2D eigenvalue weighted by molar-refractivity contribution is -0.128. The summed E-state index contributed by atoms with van der Waals surface area (Å²) in [6.07, 6.45) is 4.57. The van der Waals surface area contributed by atoms with Crippen LogP contribution >= 0.6 is 0 Å². The fourth-order valence-electron chi connectivity index (χ4n) is 2.96. The molecular weight excluding hydrogens is 292 g/mol. The predicted octanol–water partition coefficient (Wildman–Crippen LogP) is 2.38. The Morgan fingerprint density at radius 3 is 2.70 bits per heavy atom. The van der Waals surface area contributed by atoms with Gasteiger partial charge in [0, 0.05) is 18.6 Å². The summed E-state index contributed by atoms with van der Waals surface area (Å²) in [5.74, 6) is 0.523. The topological polar surface area (TPSA) is 82.3 Å². The van der Waals surface area contributed by atoms with E-state index in [1.807, 2.05) is 6.07 Å². The van der Waals surface area contributed by atoms with E-state index in [9.17, 15) is 9.90 Å². The van der Waals surface area contributed by atoms with Gasteiger partial charge in [-0.05, 0) is 44.0 Å². The van der Waals surface area contributed by atoms with Crippen molar-refractivity contribution < 1.29 is 14.6 Å². The van der Waals surface area contributed by atoms with Gasteiger partial charge in [0.05, 0.1) is 11.6 Å². The number of amides is 1. The van der Waals surface area contributed by atoms with Crippen molar-refractivity contribution in [1.29, 1.82) is 5.26 Å². The monoisotopic (exact) mass is 316 g/mol. The van der Waals surface area contributed by atoms with Crippen molar-refractivity contribution in [2.75, 3.05) is 6.61 Å². The molecule has 5 nitrogen and oxygen atoms in total. The van der Waals surface area contributed by atoms with E-state index in [1.54, 1.807) is 31.2 Å². The highest BCUT2D eigenvalue weighted by Crippen LogP contribution is 2.23. The third kappa shape index (κ3) is 4.97. The molecule has 3 unspecified atom stereocenters. The molecule has 2 rings (SSSR count). The van der Waals surface area contributed by atoms with Crippen LogP contribution in [0.25, 0.3) is 0 Å². The number of carbonyl (C=O) groups excluding carboxylic acids is 1. The van der Waals surface area contributed by atoms with Crippen LogP contribution in [0, 0.1) is 17.2 Å². The van der Waals surface area contributed by atoms with Gasteiger partial charge >= 0.3 is 0 Å². The second kappa shape index (κ2) is 8.54. The summed E-state index contributed by atoms with van der Waals surface area (Å²) in [6.45, 7) is 1.81. The lowest BCUT2D eigenvalue weighted by Gasteiger charge is -2.26. The molecule has 1 aromatic carbocycles. The van der Waals surface area contributed by atoms with Crippen molar-refractivity contribution in [3.05, 3.63) is 29.8 Å². The number of ether oxygens (including phenoxy) is 1. The smallest absolute Gasteiger partial charge is 0.261 e. The Kier molecular flexibility index (Phi) is 6.42. The van der Waals surface area contributed by atoms with Gasteiger partial charge in [-0.2, -0.15) is 5.26 Å². The molecule has 0 bridgehead atoms. The Balaban J connectivity index is 1.91. The molecule has 1 saturated carbocycles. The van der Waals surface area contributed by atoms with Gasteiger partial charge in [0.1, 0.15) is 5.75 Å². The largest absolute Gasteiger partial charge is 0.481 e. The summed E-state index contributed by atoms with van der Waals surface area (Å²) in [6, 6.07) is 8.75. The fourth-order valence-corrected chi connectivity index (χ4v) is 2.96. The van der Waals surface area contributed by atoms with Gasteiger partial charge < -0.3 is 15.2 Å². The molecule has 1 aromatic rings. The maximum absolute atomic E-state index is 12.3. The third-order valence-electron chi connectivity index (χ3n) is 4.39. The molecule has 1 aliphatic rings. The first-order valence-electron chi connectivity index (χ1n) is 8.22. The molecule has 0 radical (unpaired) electrons. The molecular formula is C18H24N2O3. The van der Waals surface area contributed by atoms with Gasteiger partial charge in [-0.25, -0.2) is 0 Å². The summed E-state index contributed by atoms with van der Waals surface area (Å²) in [5, 5.41) is 21.3. The van der Waals surface area contributed by atoms with Crippen molar-refractivity contribution in [2.24, 2.45) is 5.92 Å².